The summed E-state index contributed by atoms with van der Waals surface area (Å²) in [6.07, 6.45) is 5.32. The molecule has 0 aromatic heterocycles. The predicted molar refractivity (Wildman–Crippen MR) is 71.3 cm³/mol. The fourth-order valence-corrected chi connectivity index (χ4v) is 2.80. The van der Waals surface area contributed by atoms with Crippen molar-refractivity contribution in [1.82, 2.24) is 10.2 Å². The lowest BCUT2D eigenvalue weighted by atomic mass is 9.95. The number of methoxy groups -OCH3 is 1. The number of hydrogen-bond donors (Lipinski definition) is 1. The Morgan fingerprint density at radius 3 is 2.71 bits per heavy atom. The maximum absolute atomic E-state index is 5.12. The van der Waals surface area contributed by atoms with Gasteiger partial charge in [-0.25, -0.2) is 0 Å². The molecule has 2 rings (SSSR count). The lowest BCUT2D eigenvalue weighted by Crippen LogP contribution is -2.62. The van der Waals surface area contributed by atoms with Crippen LogP contribution >= 0.6 is 0 Å². The summed E-state index contributed by atoms with van der Waals surface area (Å²) in [5, 5.41) is 3.74. The molecule has 1 heterocycles. The van der Waals surface area contributed by atoms with E-state index in [4.69, 9.17) is 4.74 Å². The molecule has 1 atom stereocenters. The molecule has 0 amide bonds. The second-order valence-electron chi connectivity index (χ2n) is 6.28. The monoisotopic (exact) mass is 240 g/mol. The van der Waals surface area contributed by atoms with Crippen molar-refractivity contribution in [1.29, 1.82) is 0 Å². The molecule has 1 saturated heterocycles. The topological polar surface area (TPSA) is 24.5 Å². The lowest BCUT2D eigenvalue weighted by Gasteiger charge is -2.46. The molecule has 1 unspecified atom stereocenters. The number of ether oxygens (including phenoxy) is 1. The van der Waals surface area contributed by atoms with Crippen molar-refractivity contribution in [2.24, 2.45) is 5.92 Å². The van der Waals surface area contributed by atoms with Crippen LogP contribution in [0.5, 0.6) is 0 Å². The van der Waals surface area contributed by atoms with Crippen LogP contribution in [0.15, 0.2) is 0 Å². The maximum Gasteiger partial charge on any atom is 0.0462 e. The van der Waals surface area contributed by atoms with E-state index in [1.54, 1.807) is 7.11 Å². The summed E-state index contributed by atoms with van der Waals surface area (Å²) in [5.41, 5.74) is 0.318. The van der Waals surface area contributed by atoms with Gasteiger partial charge < -0.3 is 10.1 Å². The summed E-state index contributed by atoms with van der Waals surface area (Å²) in [6.45, 7) is 9.22. The Bertz CT molecular complexity index is 238. The predicted octanol–water partition coefficient (Wildman–Crippen LogP) is 1.88. The summed E-state index contributed by atoms with van der Waals surface area (Å²) in [6, 6.07) is 0.755. The minimum atomic E-state index is 0.318. The van der Waals surface area contributed by atoms with E-state index in [0.29, 0.717) is 5.54 Å². The van der Waals surface area contributed by atoms with Crippen LogP contribution in [0.25, 0.3) is 0 Å². The van der Waals surface area contributed by atoms with Crippen molar-refractivity contribution in [3.63, 3.8) is 0 Å². The van der Waals surface area contributed by atoms with Crippen LogP contribution in [-0.2, 0) is 4.74 Å². The molecule has 2 aliphatic rings. The van der Waals surface area contributed by atoms with Crippen LogP contribution in [-0.4, -0.2) is 49.8 Å². The van der Waals surface area contributed by atoms with Gasteiger partial charge in [0.15, 0.2) is 0 Å². The van der Waals surface area contributed by atoms with Crippen molar-refractivity contribution in [2.75, 3.05) is 33.4 Å². The first kappa shape index (κ1) is 13.3. The first-order valence-electron chi connectivity index (χ1n) is 7.11. The van der Waals surface area contributed by atoms with Gasteiger partial charge in [-0.15, -0.1) is 0 Å². The van der Waals surface area contributed by atoms with Gasteiger partial charge in [0.1, 0.15) is 0 Å². The second kappa shape index (κ2) is 5.68. The van der Waals surface area contributed by atoms with Crippen LogP contribution in [0.3, 0.4) is 0 Å². The number of rotatable bonds is 6. The van der Waals surface area contributed by atoms with Crippen molar-refractivity contribution in [2.45, 2.75) is 51.1 Å². The fourth-order valence-electron chi connectivity index (χ4n) is 2.80. The quantitative estimate of drug-likeness (QED) is 0.717. The molecule has 0 spiro atoms. The molecule has 3 heteroatoms. The Balaban J connectivity index is 1.78. The number of nitrogens with one attached hydrogen (secondary N) is 1. The van der Waals surface area contributed by atoms with Gasteiger partial charge >= 0.3 is 0 Å². The Morgan fingerprint density at radius 1 is 1.29 bits per heavy atom. The average Bonchev–Trinajstić information content (AvgIpc) is 3.10. The second-order valence-corrected chi connectivity index (χ2v) is 6.28. The Hall–Kier alpha value is -0.120. The third-order valence-corrected chi connectivity index (χ3v) is 4.29. The maximum atomic E-state index is 5.12. The fraction of sp³-hybridized carbons (Fsp3) is 1.00. The molecule has 0 radical (unpaired) electrons. The molecule has 1 N–H and O–H groups in total. The Morgan fingerprint density at radius 2 is 2.06 bits per heavy atom. The first-order chi connectivity index (χ1) is 8.13. The van der Waals surface area contributed by atoms with Crippen LogP contribution in [0, 0.1) is 5.92 Å². The number of nitrogens with zero attached hydrogens (tertiary/aromatic N) is 1. The van der Waals surface area contributed by atoms with Gasteiger partial charge in [-0.3, -0.25) is 4.90 Å². The number of unbranched alkanes of at least 4 members (excludes halogenated alkanes) is 1. The molecule has 17 heavy (non-hydrogen) atoms. The highest BCUT2D eigenvalue weighted by atomic mass is 16.5. The number of hydrogen-bond acceptors (Lipinski definition) is 3. The van der Waals surface area contributed by atoms with Gasteiger partial charge in [-0.05, 0) is 52.0 Å². The Kier molecular flexibility index (Phi) is 4.45. The molecule has 1 aliphatic heterocycles. The average molecular weight is 240 g/mol. The third-order valence-electron chi connectivity index (χ3n) is 4.29. The van der Waals surface area contributed by atoms with Crippen LogP contribution in [0.4, 0.5) is 0 Å². The van der Waals surface area contributed by atoms with Crippen molar-refractivity contribution < 1.29 is 4.74 Å². The first-order valence-corrected chi connectivity index (χ1v) is 7.11. The van der Waals surface area contributed by atoms with Crippen molar-refractivity contribution in [3.05, 3.63) is 0 Å². The van der Waals surface area contributed by atoms with Crippen molar-refractivity contribution in [3.8, 4) is 0 Å². The van der Waals surface area contributed by atoms with Gasteiger partial charge in [0.25, 0.3) is 0 Å². The smallest absolute Gasteiger partial charge is 0.0462 e. The lowest BCUT2D eigenvalue weighted by molar-refractivity contribution is 0.0569. The van der Waals surface area contributed by atoms with E-state index in [1.807, 2.05) is 0 Å². The third kappa shape index (κ3) is 3.67. The van der Waals surface area contributed by atoms with E-state index >= 15 is 0 Å². The van der Waals surface area contributed by atoms with Gasteiger partial charge in [-0.2, -0.15) is 0 Å². The summed E-state index contributed by atoms with van der Waals surface area (Å²) in [7, 11) is 1.79. The molecular formula is C14H28N2O. The van der Waals surface area contributed by atoms with Gasteiger partial charge in [0.2, 0.25) is 0 Å². The van der Waals surface area contributed by atoms with Crippen molar-refractivity contribution >= 4 is 0 Å². The van der Waals surface area contributed by atoms with Gasteiger partial charge in [-0.1, -0.05) is 0 Å². The molecule has 0 aromatic carbocycles. The molecule has 1 saturated carbocycles. The molecule has 2 fully saturated rings. The van der Waals surface area contributed by atoms with E-state index in [1.165, 1.54) is 38.8 Å². The van der Waals surface area contributed by atoms with Gasteiger partial charge in [0.05, 0.1) is 0 Å². The molecule has 3 nitrogen and oxygen atoms in total. The summed E-state index contributed by atoms with van der Waals surface area (Å²) in [5.74, 6) is 0.965. The minimum Gasteiger partial charge on any atom is -0.385 e. The van der Waals surface area contributed by atoms with E-state index in [2.05, 4.69) is 24.1 Å². The molecular weight excluding hydrogens is 212 g/mol. The summed E-state index contributed by atoms with van der Waals surface area (Å²) >= 11 is 0. The zero-order valence-electron chi connectivity index (χ0n) is 11.7. The normalized spacial score (nSPS) is 29.5. The Labute approximate surface area is 106 Å². The van der Waals surface area contributed by atoms with E-state index in [0.717, 1.165) is 25.1 Å². The SMILES string of the molecule is COCCCCN1CC(C2CC2)NCC1(C)C. The highest BCUT2D eigenvalue weighted by Crippen LogP contribution is 2.35. The van der Waals surface area contributed by atoms with Gasteiger partial charge in [0, 0.05) is 38.4 Å². The van der Waals surface area contributed by atoms with E-state index in [-0.39, 0.29) is 0 Å². The van der Waals surface area contributed by atoms with Crippen LogP contribution < -0.4 is 5.32 Å². The summed E-state index contributed by atoms with van der Waals surface area (Å²) < 4.78 is 5.12. The number of piperazine rings is 1. The standard InChI is InChI=1S/C14H28N2O/c1-14(2)11-15-13(12-6-7-12)10-16(14)8-4-5-9-17-3/h12-13,15H,4-11H2,1-3H3. The largest absolute Gasteiger partial charge is 0.385 e. The zero-order chi connectivity index (χ0) is 12.3. The highest BCUT2D eigenvalue weighted by molar-refractivity contribution is 4.98. The summed E-state index contributed by atoms with van der Waals surface area (Å²) in [4.78, 5) is 2.68. The minimum absolute atomic E-state index is 0.318. The molecule has 0 bridgehead atoms. The van der Waals surface area contributed by atoms with Crippen LogP contribution in [0.2, 0.25) is 0 Å². The highest BCUT2D eigenvalue weighted by Gasteiger charge is 2.39. The zero-order valence-corrected chi connectivity index (χ0v) is 11.7. The molecule has 100 valence electrons. The molecule has 1 aliphatic carbocycles. The van der Waals surface area contributed by atoms with Crippen LogP contribution in [0.1, 0.15) is 39.5 Å². The van der Waals surface area contributed by atoms with E-state index in [9.17, 15) is 0 Å². The molecule has 0 aromatic rings. The van der Waals surface area contributed by atoms with E-state index < -0.39 is 0 Å².